The Morgan fingerprint density at radius 1 is 1.23 bits per heavy atom. The summed E-state index contributed by atoms with van der Waals surface area (Å²) in [5, 5.41) is 0.926. The number of anilines is 1. The van der Waals surface area contributed by atoms with Crippen LogP contribution in [0.15, 0.2) is 72.0 Å². The van der Waals surface area contributed by atoms with Crippen molar-refractivity contribution in [1.82, 2.24) is 9.97 Å². The molecule has 8 heteroatoms. The number of aromatic nitrogens is 2. The average Bonchev–Trinajstić information content (AvgIpc) is 3.34. The molecule has 2 aromatic heterocycles. The number of H-pyrrole nitrogens is 1. The fourth-order valence-electron chi connectivity index (χ4n) is 5.25. The predicted molar refractivity (Wildman–Crippen MR) is 136 cm³/mol. The molecule has 3 aromatic rings. The molecular formula is C27H25N6O2+. The summed E-state index contributed by atoms with van der Waals surface area (Å²) in [7, 11) is 0. The lowest BCUT2D eigenvalue weighted by atomic mass is 9.94. The number of amides is 2. The minimum atomic E-state index is -0.477. The lowest BCUT2D eigenvalue weighted by molar-refractivity contribution is -0.487. The SMILES string of the molecule is NC(=O)c1ccc(N2CCC[C@@H]([N+]3=CN=C4C=CC=CC4C3=O)C2)c2cc(-c3cccnc3)[nH]c12. The Balaban J connectivity index is 1.37. The van der Waals surface area contributed by atoms with Crippen molar-refractivity contribution < 1.29 is 14.2 Å². The molecule has 0 radical (unpaired) electrons. The largest absolute Gasteiger partial charge is 0.367 e. The molecule has 6 rings (SSSR count). The standard InChI is InChI=1S/C27H24N6O2/c28-26(34)20-9-10-24(21-13-23(31-25(20)21)17-5-3-11-29-14-17)32-12-4-6-18(15-32)33-16-30-22-8-2-1-7-19(22)27(33)35/h1-3,5,7-11,13-14,16,18-19H,4,6,12,15H2,(H2-,28,31,34)/p+1/t18-,19?/m1/s1. The van der Waals surface area contributed by atoms with E-state index in [1.54, 1.807) is 29.4 Å². The van der Waals surface area contributed by atoms with Crippen molar-refractivity contribution in [2.75, 3.05) is 18.0 Å². The van der Waals surface area contributed by atoms with Crippen LogP contribution in [0.1, 0.15) is 23.2 Å². The third-order valence-corrected chi connectivity index (χ3v) is 6.99. The summed E-state index contributed by atoms with van der Waals surface area (Å²) in [6.45, 7) is 1.54. The van der Waals surface area contributed by atoms with Crippen LogP contribution in [-0.2, 0) is 4.79 Å². The van der Waals surface area contributed by atoms with E-state index in [0.717, 1.165) is 47.4 Å². The minimum Gasteiger partial charge on any atom is -0.367 e. The van der Waals surface area contributed by atoms with E-state index in [0.29, 0.717) is 17.6 Å². The van der Waals surface area contributed by atoms with Crippen molar-refractivity contribution in [2.24, 2.45) is 16.6 Å². The van der Waals surface area contributed by atoms with E-state index in [-0.39, 0.29) is 17.9 Å². The lowest BCUT2D eigenvalue weighted by Gasteiger charge is -2.35. The highest BCUT2D eigenvalue weighted by Gasteiger charge is 2.39. The molecule has 0 saturated carbocycles. The topological polar surface area (TPSA) is 107 Å². The zero-order valence-electron chi connectivity index (χ0n) is 19.1. The maximum atomic E-state index is 13.2. The summed E-state index contributed by atoms with van der Waals surface area (Å²) in [5.74, 6) is -0.722. The molecule has 2 atom stereocenters. The number of primary amides is 1. The van der Waals surface area contributed by atoms with Crippen LogP contribution in [0.5, 0.6) is 0 Å². The normalized spacial score (nSPS) is 21.6. The Morgan fingerprint density at radius 3 is 2.97 bits per heavy atom. The van der Waals surface area contributed by atoms with Crippen LogP contribution in [-0.4, -0.2) is 57.5 Å². The quantitative estimate of drug-likeness (QED) is 0.578. The number of pyridine rings is 1. The third kappa shape index (κ3) is 3.67. The van der Waals surface area contributed by atoms with Crippen molar-refractivity contribution in [1.29, 1.82) is 0 Å². The van der Waals surface area contributed by atoms with Gasteiger partial charge in [-0.3, -0.25) is 9.78 Å². The van der Waals surface area contributed by atoms with Crippen LogP contribution in [0, 0.1) is 5.92 Å². The minimum absolute atomic E-state index is 0.0171. The average molecular weight is 466 g/mol. The fraction of sp³-hybridized carbons (Fsp3) is 0.222. The van der Waals surface area contributed by atoms with Gasteiger partial charge in [0.05, 0.1) is 17.6 Å². The molecule has 35 heavy (non-hydrogen) atoms. The van der Waals surface area contributed by atoms with Gasteiger partial charge in [0.15, 0.2) is 5.71 Å². The number of aromatic amines is 1. The number of nitrogens with two attached hydrogens (primary N) is 1. The summed E-state index contributed by atoms with van der Waals surface area (Å²) in [6, 6.07) is 9.65. The van der Waals surface area contributed by atoms with Crippen LogP contribution >= 0.6 is 0 Å². The highest BCUT2D eigenvalue weighted by atomic mass is 16.2. The van der Waals surface area contributed by atoms with E-state index in [9.17, 15) is 9.59 Å². The van der Waals surface area contributed by atoms with Crippen molar-refractivity contribution in [2.45, 2.75) is 18.9 Å². The summed E-state index contributed by atoms with van der Waals surface area (Å²) in [5.41, 5.74) is 10.5. The monoisotopic (exact) mass is 465 g/mol. The first-order valence-corrected chi connectivity index (χ1v) is 11.8. The zero-order valence-corrected chi connectivity index (χ0v) is 19.1. The van der Waals surface area contributed by atoms with Crippen molar-refractivity contribution in [3.05, 3.63) is 72.6 Å². The van der Waals surface area contributed by atoms with Gasteiger partial charge in [0.2, 0.25) is 0 Å². The van der Waals surface area contributed by atoms with Gasteiger partial charge >= 0.3 is 5.91 Å². The van der Waals surface area contributed by atoms with E-state index in [1.807, 2.05) is 48.6 Å². The number of aliphatic imine (C=N–C) groups is 1. The molecule has 4 heterocycles. The number of fused-ring (bicyclic) bond motifs is 2. The molecule has 1 aromatic carbocycles. The van der Waals surface area contributed by atoms with Gasteiger partial charge < -0.3 is 15.6 Å². The first kappa shape index (κ1) is 21.2. The van der Waals surface area contributed by atoms with Crippen molar-refractivity contribution >= 4 is 40.5 Å². The van der Waals surface area contributed by atoms with Crippen molar-refractivity contribution in [3.8, 4) is 11.3 Å². The maximum absolute atomic E-state index is 13.2. The number of hydrogen-bond donors (Lipinski definition) is 2. The van der Waals surface area contributed by atoms with E-state index in [4.69, 9.17) is 5.73 Å². The van der Waals surface area contributed by atoms with Gasteiger partial charge in [-0.15, -0.1) is 0 Å². The molecule has 0 bridgehead atoms. The van der Waals surface area contributed by atoms with Gasteiger partial charge in [-0.05, 0) is 49.2 Å². The number of piperidine rings is 1. The molecule has 3 N–H and O–H groups in total. The first-order valence-electron chi connectivity index (χ1n) is 11.8. The van der Waals surface area contributed by atoms with Gasteiger partial charge in [0.25, 0.3) is 12.2 Å². The Kier molecular flexibility index (Phi) is 5.13. The van der Waals surface area contributed by atoms with E-state index in [2.05, 4.69) is 19.9 Å². The summed E-state index contributed by atoms with van der Waals surface area (Å²) >= 11 is 0. The summed E-state index contributed by atoms with van der Waals surface area (Å²) in [4.78, 5) is 39.8. The molecule has 3 aliphatic rings. The van der Waals surface area contributed by atoms with Gasteiger partial charge in [0.1, 0.15) is 12.0 Å². The predicted octanol–water partition coefficient (Wildman–Crippen LogP) is 3.06. The molecular weight excluding hydrogens is 440 g/mol. The maximum Gasteiger partial charge on any atom is 0.324 e. The lowest BCUT2D eigenvalue weighted by Crippen LogP contribution is -2.49. The summed E-state index contributed by atoms with van der Waals surface area (Å²) in [6.07, 6.45) is 14.7. The van der Waals surface area contributed by atoms with Gasteiger partial charge in [-0.2, -0.15) is 4.58 Å². The number of rotatable bonds is 4. The Morgan fingerprint density at radius 2 is 2.14 bits per heavy atom. The molecule has 1 fully saturated rings. The van der Waals surface area contributed by atoms with E-state index < -0.39 is 5.91 Å². The molecule has 8 nitrogen and oxygen atoms in total. The highest BCUT2D eigenvalue weighted by molar-refractivity contribution is 6.14. The molecule has 1 saturated heterocycles. The van der Waals surface area contributed by atoms with Crippen LogP contribution < -0.4 is 10.6 Å². The smallest absolute Gasteiger partial charge is 0.324 e. The number of allylic oxidation sites excluding steroid dienone is 3. The second-order valence-electron chi connectivity index (χ2n) is 9.09. The zero-order chi connectivity index (χ0) is 23.9. The second kappa shape index (κ2) is 8.47. The number of carbonyl (C=O) groups is 2. The Bertz CT molecular complexity index is 1460. The van der Waals surface area contributed by atoms with E-state index in [1.165, 1.54) is 0 Å². The highest BCUT2D eigenvalue weighted by Crippen LogP contribution is 2.35. The molecule has 1 unspecified atom stereocenters. The molecule has 174 valence electrons. The number of nitrogens with one attached hydrogen (secondary N) is 1. The molecule has 2 amide bonds. The Hall–Kier alpha value is -4.33. The molecule has 2 aliphatic heterocycles. The summed E-state index contributed by atoms with van der Waals surface area (Å²) < 4.78 is 1.80. The van der Waals surface area contributed by atoms with Crippen molar-refractivity contribution in [3.63, 3.8) is 0 Å². The van der Waals surface area contributed by atoms with Gasteiger partial charge in [0, 0.05) is 41.3 Å². The van der Waals surface area contributed by atoms with Crippen LogP contribution in [0.25, 0.3) is 22.2 Å². The first-order chi connectivity index (χ1) is 17.1. The fourth-order valence-corrected chi connectivity index (χ4v) is 5.25. The number of nitrogens with zero attached hydrogens (tertiary/aromatic N) is 4. The van der Waals surface area contributed by atoms with Gasteiger partial charge in [-0.25, -0.2) is 4.79 Å². The van der Waals surface area contributed by atoms with Gasteiger partial charge in [-0.1, -0.05) is 23.2 Å². The third-order valence-electron chi connectivity index (χ3n) is 6.99. The number of hydrogen-bond acceptors (Lipinski definition) is 5. The number of benzene rings is 1. The van der Waals surface area contributed by atoms with Crippen LogP contribution in [0.4, 0.5) is 5.69 Å². The molecule has 1 aliphatic carbocycles. The van der Waals surface area contributed by atoms with Crippen LogP contribution in [0.3, 0.4) is 0 Å². The second-order valence-corrected chi connectivity index (χ2v) is 9.09. The Labute approximate surface area is 202 Å². The molecule has 0 spiro atoms. The number of carbonyl (C=O) groups excluding carboxylic acids is 2. The van der Waals surface area contributed by atoms with E-state index >= 15 is 0 Å². The van der Waals surface area contributed by atoms with Crippen LogP contribution in [0.2, 0.25) is 0 Å².